The van der Waals surface area contributed by atoms with E-state index >= 15 is 0 Å². The quantitative estimate of drug-likeness (QED) is 0.718. The third-order valence-electron chi connectivity index (χ3n) is 4.20. The normalized spacial score (nSPS) is 17.6. The fraction of sp³-hybridized carbons (Fsp3) is 0.353. The standard InChI is InChI=1S/C17H17N5O2S/c1-11-18-7-6-16(19-11)24-13-3-2-8-22(10-13)17(23)12-4-5-14-15(9-12)21-25-20-14/h4-7,9,13H,2-3,8,10H2,1H3. The Morgan fingerprint density at radius 3 is 3.04 bits per heavy atom. The molecule has 25 heavy (non-hydrogen) atoms. The first kappa shape index (κ1) is 15.9. The number of ether oxygens (including phenoxy) is 1. The van der Waals surface area contributed by atoms with Gasteiger partial charge in [-0.3, -0.25) is 4.79 Å². The second kappa shape index (κ2) is 6.72. The van der Waals surface area contributed by atoms with Crippen LogP contribution in [0.2, 0.25) is 0 Å². The van der Waals surface area contributed by atoms with Crippen LogP contribution in [-0.2, 0) is 0 Å². The largest absolute Gasteiger partial charge is 0.472 e. The van der Waals surface area contributed by atoms with Crippen molar-refractivity contribution in [3.8, 4) is 5.88 Å². The van der Waals surface area contributed by atoms with E-state index in [1.807, 2.05) is 24.0 Å². The molecule has 8 heteroatoms. The molecule has 0 radical (unpaired) electrons. The number of piperidine rings is 1. The molecule has 0 saturated carbocycles. The molecule has 128 valence electrons. The number of nitrogens with zero attached hydrogens (tertiary/aromatic N) is 5. The molecular formula is C17H17N5O2S. The van der Waals surface area contributed by atoms with Gasteiger partial charge in [-0.15, -0.1) is 0 Å². The molecule has 2 aromatic heterocycles. The number of amides is 1. The Balaban J connectivity index is 1.47. The first-order chi connectivity index (χ1) is 12.2. The van der Waals surface area contributed by atoms with Gasteiger partial charge in [-0.05, 0) is 38.0 Å². The van der Waals surface area contributed by atoms with Crippen LogP contribution in [0.3, 0.4) is 0 Å². The summed E-state index contributed by atoms with van der Waals surface area (Å²) in [4.78, 5) is 23.0. The third kappa shape index (κ3) is 3.43. The third-order valence-corrected chi connectivity index (χ3v) is 4.76. The van der Waals surface area contributed by atoms with E-state index in [-0.39, 0.29) is 12.0 Å². The lowest BCUT2D eigenvalue weighted by molar-refractivity contribution is 0.0527. The molecule has 1 aliphatic heterocycles. The SMILES string of the molecule is Cc1nccc(OC2CCCN(C(=O)c3ccc4nsnc4c3)C2)n1. The summed E-state index contributed by atoms with van der Waals surface area (Å²) in [6.45, 7) is 3.11. The summed E-state index contributed by atoms with van der Waals surface area (Å²) in [5, 5.41) is 0. The lowest BCUT2D eigenvalue weighted by atomic mass is 10.1. The van der Waals surface area contributed by atoms with Crippen molar-refractivity contribution in [2.75, 3.05) is 13.1 Å². The molecule has 7 nitrogen and oxygen atoms in total. The van der Waals surface area contributed by atoms with Crippen LogP contribution >= 0.6 is 11.7 Å². The minimum Gasteiger partial charge on any atom is -0.472 e. The number of hydrogen-bond donors (Lipinski definition) is 0. The van der Waals surface area contributed by atoms with Crippen molar-refractivity contribution in [3.63, 3.8) is 0 Å². The molecule has 1 unspecified atom stereocenters. The summed E-state index contributed by atoms with van der Waals surface area (Å²) >= 11 is 1.15. The number of carbonyl (C=O) groups is 1. The summed E-state index contributed by atoms with van der Waals surface area (Å²) in [6, 6.07) is 7.20. The van der Waals surface area contributed by atoms with E-state index in [2.05, 4.69) is 18.7 Å². The van der Waals surface area contributed by atoms with Crippen LogP contribution in [0.4, 0.5) is 0 Å². The smallest absolute Gasteiger partial charge is 0.254 e. The zero-order chi connectivity index (χ0) is 17.2. The van der Waals surface area contributed by atoms with E-state index in [4.69, 9.17) is 4.74 Å². The molecule has 1 atom stereocenters. The summed E-state index contributed by atoms with van der Waals surface area (Å²) in [7, 11) is 0. The highest BCUT2D eigenvalue weighted by Gasteiger charge is 2.26. The molecule has 1 fully saturated rings. The molecule has 0 N–H and O–H groups in total. The van der Waals surface area contributed by atoms with E-state index in [1.54, 1.807) is 18.3 Å². The Labute approximate surface area is 149 Å². The minimum atomic E-state index is -0.0586. The van der Waals surface area contributed by atoms with Crippen molar-refractivity contribution in [2.24, 2.45) is 0 Å². The van der Waals surface area contributed by atoms with Crippen LogP contribution < -0.4 is 4.74 Å². The maximum Gasteiger partial charge on any atom is 0.254 e. The van der Waals surface area contributed by atoms with Crippen LogP contribution in [0.1, 0.15) is 29.0 Å². The van der Waals surface area contributed by atoms with Crippen molar-refractivity contribution in [1.29, 1.82) is 0 Å². The summed E-state index contributed by atoms with van der Waals surface area (Å²) in [5.41, 5.74) is 2.22. The van der Waals surface area contributed by atoms with Crippen LogP contribution in [0, 0.1) is 6.92 Å². The Kier molecular flexibility index (Phi) is 4.27. The number of aryl methyl sites for hydroxylation is 1. The van der Waals surface area contributed by atoms with E-state index < -0.39 is 0 Å². The van der Waals surface area contributed by atoms with Crippen LogP contribution in [0.5, 0.6) is 5.88 Å². The first-order valence-electron chi connectivity index (χ1n) is 8.17. The van der Waals surface area contributed by atoms with Crippen LogP contribution in [0.15, 0.2) is 30.5 Å². The van der Waals surface area contributed by atoms with Gasteiger partial charge in [-0.1, -0.05) is 0 Å². The second-order valence-electron chi connectivity index (χ2n) is 6.04. The zero-order valence-electron chi connectivity index (χ0n) is 13.8. The van der Waals surface area contributed by atoms with Gasteiger partial charge in [0.15, 0.2) is 0 Å². The van der Waals surface area contributed by atoms with E-state index in [1.165, 1.54) is 0 Å². The van der Waals surface area contributed by atoms with Gasteiger partial charge in [0.25, 0.3) is 5.91 Å². The maximum atomic E-state index is 12.8. The van der Waals surface area contributed by atoms with Crippen molar-refractivity contribution in [2.45, 2.75) is 25.9 Å². The molecule has 0 bridgehead atoms. The molecule has 4 rings (SSSR count). The molecule has 3 aromatic rings. The lowest BCUT2D eigenvalue weighted by Crippen LogP contribution is -2.44. The average Bonchev–Trinajstić information content (AvgIpc) is 3.09. The van der Waals surface area contributed by atoms with Crippen molar-refractivity contribution in [3.05, 3.63) is 41.9 Å². The van der Waals surface area contributed by atoms with Gasteiger partial charge in [0.2, 0.25) is 5.88 Å². The van der Waals surface area contributed by atoms with Crippen molar-refractivity contribution < 1.29 is 9.53 Å². The average molecular weight is 355 g/mol. The van der Waals surface area contributed by atoms with Gasteiger partial charge in [-0.2, -0.15) is 13.7 Å². The highest BCUT2D eigenvalue weighted by atomic mass is 32.1. The number of carbonyl (C=O) groups excluding carboxylic acids is 1. The van der Waals surface area contributed by atoms with Gasteiger partial charge in [0.1, 0.15) is 23.0 Å². The molecule has 0 aliphatic carbocycles. The zero-order valence-corrected chi connectivity index (χ0v) is 14.6. The highest BCUT2D eigenvalue weighted by molar-refractivity contribution is 7.00. The Hall–Kier alpha value is -2.61. The monoisotopic (exact) mass is 355 g/mol. The predicted molar refractivity (Wildman–Crippen MR) is 93.7 cm³/mol. The van der Waals surface area contributed by atoms with Crippen molar-refractivity contribution >= 4 is 28.7 Å². The van der Waals surface area contributed by atoms with Gasteiger partial charge in [0.05, 0.1) is 18.3 Å². The molecule has 1 saturated heterocycles. The van der Waals surface area contributed by atoms with Crippen LogP contribution in [0.25, 0.3) is 11.0 Å². The Morgan fingerprint density at radius 1 is 1.28 bits per heavy atom. The molecule has 1 amide bonds. The minimum absolute atomic E-state index is 0.00191. The number of benzene rings is 1. The van der Waals surface area contributed by atoms with Gasteiger partial charge in [-0.25, -0.2) is 4.98 Å². The van der Waals surface area contributed by atoms with E-state index in [0.29, 0.717) is 23.8 Å². The Bertz CT molecular complexity index is 913. The van der Waals surface area contributed by atoms with E-state index in [0.717, 1.165) is 42.1 Å². The summed E-state index contributed by atoms with van der Waals surface area (Å²) < 4.78 is 14.3. The topological polar surface area (TPSA) is 81.1 Å². The van der Waals surface area contributed by atoms with Gasteiger partial charge >= 0.3 is 0 Å². The maximum absolute atomic E-state index is 12.8. The number of aromatic nitrogens is 4. The summed E-state index contributed by atoms with van der Waals surface area (Å²) in [6.07, 6.45) is 3.43. The van der Waals surface area contributed by atoms with Gasteiger partial charge in [0, 0.05) is 24.4 Å². The molecule has 0 spiro atoms. The van der Waals surface area contributed by atoms with Gasteiger partial charge < -0.3 is 9.64 Å². The second-order valence-corrected chi connectivity index (χ2v) is 6.57. The number of fused-ring (bicyclic) bond motifs is 1. The molecule has 3 heterocycles. The Morgan fingerprint density at radius 2 is 2.16 bits per heavy atom. The number of hydrogen-bond acceptors (Lipinski definition) is 7. The van der Waals surface area contributed by atoms with E-state index in [9.17, 15) is 4.79 Å². The highest BCUT2D eigenvalue weighted by Crippen LogP contribution is 2.20. The van der Waals surface area contributed by atoms with Crippen molar-refractivity contribution in [1.82, 2.24) is 23.6 Å². The lowest BCUT2D eigenvalue weighted by Gasteiger charge is -2.32. The fourth-order valence-corrected chi connectivity index (χ4v) is 3.50. The number of rotatable bonds is 3. The first-order valence-corrected chi connectivity index (χ1v) is 8.90. The molecule has 1 aliphatic rings. The fourth-order valence-electron chi connectivity index (χ4n) is 2.99. The molecule has 1 aromatic carbocycles. The van der Waals surface area contributed by atoms with Crippen LogP contribution in [-0.4, -0.2) is 48.7 Å². The number of likely N-dealkylation sites (tertiary alicyclic amines) is 1. The predicted octanol–water partition coefficient (Wildman–Crippen LogP) is 2.47. The summed E-state index contributed by atoms with van der Waals surface area (Å²) in [5.74, 6) is 1.23. The molecular weight excluding hydrogens is 338 g/mol.